The summed E-state index contributed by atoms with van der Waals surface area (Å²) >= 11 is 0. The highest BCUT2D eigenvalue weighted by atomic mass is 16.5. The maximum Gasteiger partial charge on any atom is 0.326 e. The second kappa shape index (κ2) is 8.73. The number of hydrogen-bond acceptors (Lipinski definition) is 5. The molecular weight excluding hydrogens is 408 g/mol. The van der Waals surface area contributed by atoms with E-state index in [4.69, 9.17) is 4.74 Å². The van der Waals surface area contributed by atoms with Crippen LogP contribution < -0.4 is 0 Å². The Balaban J connectivity index is 1.39. The zero-order chi connectivity index (χ0) is 23.0. The Morgan fingerprint density at radius 2 is 1.56 bits per heavy atom. The summed E-state index contributed by atoms with van der Waals surface area (Å²) in [7, 11) is 0. The number of benzene rings is 1. The lowest BCUT2D eigenvalue weighted by molar-refractivity contribution is -0.152. The molecule has 4 rings (SSSR count). The van der Waals surface area contributed by atoms with Gasteiger partial charge in [-0.15, -0.1) is 0 Å². The predicted molar refractivity (Wildman–Crippen MR) is 117 cm³/mol. The molecule has 1 aliphatic heterocycles. The molecular formula is C25H28N2O5. The van der Waals surface area contributed by atoms with Gasteiger partial charge in [-0.25, -0.2) is 0 Å². The molecule has 2 heterocycles. The maximum absolute atomic E-state index is 12.8. The Labute approximate surface area is 187 Å². The first kappa shape index (κ1) is 22.0. The molecule has 2 unspecified atom stereocenters. The lowest BCUT2D eigenvalue weighted by Crippen LogP contribution is -2.37. The molecule has 1 aromatic carbocycles. The number of hydrogen-bond donors (Lipinski definition) is 0. The molecule has 1 saturated carbocycles. The second-order valence-electron chi connectivity index (χ2n) is 8.80. The molecule has 7 nitrogen and oxygen atoms in total. The minimum atomic E-state index is -0.744. The van der Waals surface area contributed by atoms with Crippen molar-refractivity contribution in [3.63, 3.8) is 0 Å². The topological polar surface area (TPSA) is 85.7 Å². The zero-order valence-corrected chi connectivity index (χ0v) is 18.7. The number of Topliss-reactive ketones (excluding diaryl/α,β-unsaturated/α-hetero) is 1. The van der Waals surface area contributed by atoms with Crippen molar-refractivity contribution in [2.75, 3.05) is 13.2 Å². The third kappa shape index (κ3) is 3.99. The van der Waals surface area contributed by atoms with Crippen molar-refractivity contribution in [2.45, 2.75) is 46.5 Å². The van der Waals surface area contributed by atoms with E-state index in [0.717, 1.165) is 40.4 Å². The van der Waals surface area contributed by atoms with E-state index in [1.807, 2.05) is 49.6 Å². The monoisotopic (exact) mass is 436 g/mol. The summed E-state index contributed by atoms with van der Waals surface area (Å²) in [6.07, 6.45) is 3.23. The van der Waals surface area contributed by atoms with Crippen LogP contribution in [0.15, 0.2) is 30.3 Å². The summed E-state index contributed by atoms with van der Waals surface area (Å²) < 4.78 is 7.14. The number of aryl methyl sites for hydroxylation is 2. The van der Waals surface area contributed by atoms with Crippen LogP contribution in [0.5, 0.6) is 0 Å². The van der Waals surface area contributed by atoms with Gasteiger partial charge in [0.15, 0.2) is 6.61 Å². The molecule has 0 bridgehead atoms. The second-order valence-corrected chi connectivity index (χ2v) is 8.80. The molecule has 0 radical (unpaired) electrons. The van der Waals surface area contributed by atoms with Gasteiger partial charge in [0, 0.05) is 22.6 Å². The molecule has 1 aliphatic carbocycles. The average Bonchev–Trinajstić information content (AvgIpc) is 3.21. The number of aromatic nitrogens is 1. The van der Waals surface area contributed by atoms with E-state index < -0.39 is 19.1 Å². The Bertz CT molecular complexity index is 1060. The largest absolute Gasteiger partial charge is 0.456 e. The zero-order valence-electron chi connectivity index (χ0n) is 18.7. The Morgan fingerprint density at radius 1 is 0.969 bits per heavy atom. The van der Waals surface area contributed by atoms with Crippen LogP contribution in [0.3, 0.4) is 0 Å². The van der Waals surface area contributed by atoms with E-state index in [2.05, 4.69) is 0 Å². The number of esters is 1. The fraction of sp³-hybridized carbons (Fsp3) is 0.440. The Hall–Kier alpha value is -3.22. The fourth-order valence-electron chi connectivity index (χ4n) is 4.92. The number of ether oxygens (including phenoxy) is 1. The van der Waals surface area contributed by atoms with Gasteiger partial charge in [-0.3, -0.25) is 24.1 Å². The van der Waals surface area contributed by atoms with Crippen molar-refractivity contribution < 1.29 is 23.9 Å². The number of rotatable bonds is 6. The summed E-state index contributed by atoms with van der Waals surface area (Å²) in [5.41, 5.74) is 4.25. The SMILES string of the molecule is Cc1ccc(-n2c(C)cc(C(=O)COC(=O)CN3C(=O)C4CCCCC4C3=O)c2C)cc1. The molecule has 168 valence electrons. The van der Waals surface area contributed by atoms with Crippen molar-refractivity contribution in [1.82, 2.24) is 9.47 Å². The number of likely N-dealkylation sites (tertiary alicyclic amines) is 1. The van der Waals surface area contributed by atoms with Crippen LogP contribution in [-0.2, 0) is 19.1 Å². The van der Waals surface area contributed by atoms with E-state index in [9.17, 15) is 19.2 Å². The van der Waals surface area contributed by atoms with Crippen LogP contribution in [0.2, 0.25) is 0 Å². The molecule has 1 aromatic heterocycles. The molecule has 2 fully saturated rings. The lowest BCUT2D eigenvalue weighted by Gasteiger charge is -2.19. The molecule has 0 N–H and O–H groups in total. The summed E-state index contributed by atoms with van der Waals surface area (Å²) in [6.45, 7) is 4.92. The van der Waals surface area contributed by atoms with Gasteiger partial charge in [0.05, 0.1) is 11.8 Å². The highest BCUT2D eigenvalue weighted by Gasteiger charge is 2.48. The van der Waals surface area contributed by atoms with E-state index in [1.165, 1.54) is 0 Å². The smallest absolute Gasteiger partial charge is 0.326 e. The fourth-order valence-corrected chi connectivity index (χ4v) is 4.92. The van der Waals surface area contributed by atoms with Gasteiger partial charge in [0.1, 0.15) is 6.54 Å². The van der Waals surface area contributed by atoms with Gasteiger partial charge in [-0.05, 0) is 51.8 Å². The molecule has 0 spiro atoms. The number of fused-ring (bicyclic) bond motifs is 1. The van der Waals surface area contributed by atoms with Crippen molar-refractivity contribution in [3.8, 4) is 5.69 Å². The van der Waals surface area contributed by atoms with E-state index in [0.29, 0.717) is 18.4 Å². The normalized spacial score (nSPS) is 20.4. The van der Waals surface area contributed by atoms with Crippen molar-refractivity contribution in [1.29, 1.82) is 0 Å². The third-order valence-corrected chi connectivity index (χ3v) is 6.61. The van der Waals surface area contributed by atoms with Crippen LogP contribution in [-0.4, -0.2) is 46.2 Å². The van der Waals surface area contributed by atoms with Crippen LogP contribution >= 0.6 is 0 Å². The first-order chi connectivity index (χ1) is 15.3. The lowest BCUT2D eigenvalue weighted by atomic mass is 9.81. The molecule has 2 atom stereocenters. The summed E-state index contributed by atoms with van der Waals surface area (Å²) in [4.78, 5) is 51.1. The van der Waals surface area contributed by atoms with Crippen LogP contribution in [0.1, 0.15) is 53.0 Å². The highest BCUT2D eigenvalue weighted by molar-refractivity contribution is 6.07. The average molecular weight is 437 g/mol. The highest BCUT2D eigenvalue weighted by Crippen LogP contribution is 2.37. The Morgan fingerprint density at radius 3 is 2.16 bits per heavy atom. The number of carbonyl (C=O) groups is 4. The van der Waals surface area contributed by atoms with Crippen LogP contribution in [0.25, 0.3) is 5.69 Å². The predicted octanol–water partition coefficient (Wildman–Crippen LogP) is 3.30. The number of imide groups is 1. The Kier molecular flexibility index (Phi) is 6.00. The standard InChI is InChI=1S/C25H28N2O5/c1-15-8-10-18(11-9-15)27-16(2)12-21(17(27)3)22(28)14-32-23(29)13-26-24(30)19-6-4-5-7-20(19)25(26)31/h8-12,19-20H,4-7,13-14H2,1-3H3. The number of carbonyl (C=O) groups excluding carboxylic acids is 4. The van der Waals surface area contributed by atoms with E-state index in [1.54, 1.807) is 6.07 Å². The van der Waals surface area contributed by atoms with E-state index in [-0.39, 0.29) is 29.4 Å². The van der Waals surface area contributed by atoms with Crippen molar-refractivity contribution in [3.05, 3.63) is 52.8 Å². The third-order valence-electron chi connectivity index (χ3n) is 6.61. The summed E-state index contributed by atoms with van der Waals surface area (Å²) in [5.74, 6) is -2.26. The van der Waals surface area contributed by atoms with Gasteiger partial charge in [0.2, 0.25) is 17.6 Å². The molecule has 7 heteroatoms. The first-order valence-corrected chi connectivity index (χ1v) is 11.1. The quantitative estimate of drug-likeness (QED) is 0.394. The van der Waals surface area contributed by atoms with Crippen molar-refractivity contribution in [2.24, 2.45) is 11.8 Å². The number of ketones is 1. The van der Waals surface area contributed by atoms with Gasteiger partial charge in [0.25, 0.3) is 0 Å². The number of nitrogens with zero attached hydrogens (tertiary/aromatic N) is 2. The van der Waals surface area contributed by atoms with E-state index >= 15 is 0 Å². The molecule has 32 heavy (non-hydrogen) atoms. The minimum Gasteiger partial charge on any atom is -0.456 e. The van der Waals surface area contributed by atoms with Gasteiger partial charge in [-0.1, -0.05) is 30.5 Å². The maximum atomic E-state index is 12.8. The van der Waals surface area contributed by atoms with Crippen molar-refractivity contribution >= 4 is 23.6 Å². The van der Waals surface area contributed by atoms with Crippen LogP contribution in [0, 0.1) is 32.6 Å². The summed E-state index contributed by atoms with van der Waals surface area (Å²) in [5, 5.41) is 0. The first-order valence-electron chi connectivity index (χ1n) is 11.1. The molecule has 1 saturated heterocycles. The van der Waals surface area contributed by atoms with Gasteiger partial charge < -0.3 is 9.30 Å². The van der Waals surface area contributed by atoms with Gasteiger partial charge in [-0.2, -0.15) is 0 Å². The minimum absolute atomic E-state index is 0.287. The molecule has 2 aliphatic rings. The summed E-state index contributed by atoms with van der Waals surface area (Å²) in [6, 6.07) is 9.78. The van der Waals surface area contributed by atoms with Crippen LogP contribution in [0.4, 0.5) is 0 Å². The van der Waals surface area contributed by atoms with Gasteiger partial charge >= 0.3 is 5.97 Å². The number of amides is 2. The molecule has 2 aromatic rings. The molecule has 2 amide bonds.